The molecule has 0 aromatic carbocycles. The number of aryl methyl sites for hydroxylation is 1. The summed E-state index contributed by atoms with van der Waals surface area (Å²) in [6.07, 6.45) is -0.131. The molecule has 0 fully saturated rings. The summed E-state index contributed by atoms with van der Waals surface area (Å²) >= 11 is 0. The average molecular weight is 427 g/mol. The first-order valence-corrected chi connectivity index (χ1v) is 9.42. The maximum absolute atomic E-state index is 5.83. The van der Waals surface area contributed by atoms with Crippen LogP contribution in [0.25, 0.3) is 17.2 Å². The molecule has 0 spiro atoms. The molecule has 0 N–H and O–H groups in total. The van der Waals surface area contributed by atoms with Gasteiger partial charge in [-0.15, -0.1) is 25.5 Å². The molecule has 4 heterocycles. The van der Waals surface area contributed by atoms with Crippen LogP contribution in [0.2, 0.25) is 0 Å². The minimum Gasteiger partial charge on any atom is -0.491 e. The van der Waals surface area contributed by atoms with Gasteiger partial charge in [-0.1, -0.05) is 5.16 Å². The van der Waals surface area contributed by atoms with E-state index < -0.39 is 0 Å². The van der Waals surface area contributed by atoms with Crippen LogP contribution in [0.15, 0.2) is 28.8 Å². The molecule has 4 aromatic rings. The standard InChI is InChI=1S/C19H21N7O5/c1-11-7-14(25-31-11)18-23-21-16-8-15(28-4)19(24-26(16)18)29-10-13-5-6-17(22-20-13)30-12(2)9-27-3/h5-8,12H,9-10H2,1-4H3. The summed E-state index contributed by atoms with van der Waals surface area (Å²) in [4.78, 5) is 0. The molecule has 4 aromatic heterocycles. The van der Waals surface area contributed by atoms with Gasteiger partial charge in [-0.3, -0.25) is 0 Å². The van der Waals surface area contributed by atoms with Gasteiger partial charge in [0.05, 0.1) is 13.7 Å². The first-order valence-electron chi connectivity index (χ1n) is 9.42. The average Bonchev–Trinajstić information content (AvgIpc) is 3.38. The van der Waals surface area contributed by atoms with Crippen molar-refractivity contribution >= 4 is 5.65 Å². The Hall–Kier alpha value is -3.80. The number of fused-ring (bicyclic) bond motifs is 1. The van der Waals surface area contributed by atoms with Gasteiger partial charge in [0.15, 0.2) is 17.1 Å². The zero-order valence-electron chi connectivity index (χ0n) is 17.5. The Balaban J connectivity index is 1.52. The highest BCUT2D eigenvalue weighted by atomic mass is 16.5. The topological polar surface area (TPSA) is 132 Å². The maximum atomic E-state index is 5.83. The van der Waals surface area contributed by atoms with E-state index in [0.29, 0.717) is 46.9 Å². The molecule has 31 heavy (non-hydrogen) atoms. The molecule has 0 bridgehead atoms. The summed E-state index contributed by atoms with van der Waals surface area (Å²) in [5.41, 5.74) is 1.58. The third-order valence-corrected chi connectivity index (χ3v) is 4.18. The lowest BCUT2D eigenvalue weighted by Gasteiger charge is -2.12. The van der Waals surface area contributed by atoms with Crippen molar-refractivity contribution in [2.24, 2.45) is 0 Å². The SMILES string of the molecule is COCC(C)Oc1ccc(COc2nn3c(-c4cc(C)on4)nnc3cc2OC)nn1. The van der Waals surface area contributed by atoms with Crippen LogP contribution < -0.4 is 14.2 Å². The highest BCUT2D eigenvalue weighted by molar-refractivity contribution is 5.56. The smallest absolute Gasteiger partial charge is 0.275 e. The Morgan fingerprint density at radius 1 is 1.10 bits per heavy atom. The molecule has 0 saturated carbocycles. The Kier molecular flexibility index (Phi) is 5.89. The van der Waals surface area contributed by atoms with Crippen LogP contribution >= 0.6 is 0 Å². The Labute approximate surface area is 177 Å². The Bertz CT molecular complexity index is 1160. The molecule has 12 heteroatoms. The van der Waals surface area contributed by atoms with E-state index in [1.807, 2.05) is 6.92 Å². The van der Waals surface area contributed by atoms with Gasteiger partial charge in [0.25, 0.3) is 5.88 Å². The zero-order chi connectivity index (χ0) is 21.8. The molecule has 0 aliphatic carbocycles. The van der Waals surface area contributed by atoms with Gasteiger partial charge in [-0.25, -0.2) is 0 Å². The van der Waals surface area contributed by atoms with Crippen LogP contribution in [0.5, 0.6) is 17.5 Å². The number of aromatic nitrogens is 7. The van der Waals surface area contributed by atoms with Crippen LogP contribution in [0.4, 0.5) is 0 Å². The second-order valence-corrected chi connectivity index (χ2v) is 6.67. The largest absolute Gasteiger partial charge is 0.491 e. The van der Waals surface area contributed by atoms with E-state index in [9.17, 15) is 0 Å². The van der Waals surface area contributed by atoms with Crippen LogP contribution in [0.1, 0.15) is 18.4 Å². The minimum absolute atomic E-state index is 0.121. The van der Waals surface area contributed by atoms with E-state index in [-0.39, 0.29) is 18.6 Å². The van der Waals surface area contributed by atoms with Gasteiger partial charge in [-0.05, 0) is 19.9 Å². The monoisotopic (exact) mass is 427 g/mol. The molecule has 162 valence electrons. The fourth-order valence-corrected chi connectivity index (χ4v) is 2.78. The summed E-state index contributed by atoms with van der Waals surface area (Å²) < 4.78 is 28.5. The second kappa shape index (κ2) is 8.92. The van der Waals surface area contributed by atoms with Crippen molar-refractivity contribution in [2.75, 3.05) is 20.8 Å². The summed E-state index contributed by atoms with van der Waals surface area (Å²) in [7, 11) is 3.13. The predicted octanol–water partition coefficient (Wildman–Crippen LogP) is 1.88. The van der Waals surface area contributed by atoms with Crippen LogP contribution in [-0.4, -0.2) is 62.1 Å². The lowest BCUT2D eigenvalue weighted by Crippen LogP contribution is -2.18. The maximum Gasteiger partial charge on any atom is 0.275 e. The molecule has 1 unspecified atom stereocenters. The number of hydrogen-bond donors (Lipinski definition) is 0. The van der Waals surface area contributed by atoms with Crippen molar-refractivity contribution in [1.29, 1.82) is 0 Å². The van der Waals surface area contributed by atoms with Crippen molar-refractivity contribution in [1.82, 2.24) is 35.2 Å². The van der Waals surface area contributed by atoms with Crippen molar-refractivity contribution in [3.05, 3.63) is 35.7 Å². The fraction of sp³-hybridized carbons (Fsp3) is 0.368. The summed E-state index contributed by atoms with van der Waals surface area (Å²) in [6.45, 7) is 4.26. The van der Waals surface area contributed by atoms with Gasteiger partial charge in [0, 0.05) is 25.3 Å². The normalized spacial score (nSPS) is 12.1. The van der Waals surface area contributed by atoms with Gasteiger partial charge in [-0.2, -0.15) is 4.52 Å². The van der Waals surface area contributed by atoms with E-state index in [1.165, 1.54) is 11.6 Å². The molecule has 1 atom stereocenters. The van der Waals surface area contributed by atoms with Crippen molar-refractivity contribution < 1.29 is 23.5 Å². The van der Waals surface area contributed by atoms with Crippen LogP contribution in [0, 0.1) is 6.92 Å². The van der Waals surface area contributed by atoms with Gasteiger partial charge >= 0.3 is 0 Å². The first kappa shape index (κ1) is 20.5. The molecule has 0 aliphatic rings. The summed E-state index contributed by atoms with van der Waals surface area (Å²) in [6, 6.07) is 6.90. The molecule has 4 rings (SSSR count). The van der Waals surface area contributed by atoms with E-state index >= 15 is 0 Å². The van der Waals surface area contributed by atoms with Crippen LogP contribution in [0.3, 0.4) is 0 Å². The minimum atomic E-state index is -0.131. The molecule has 0 radical (unpaired) electrons. The highest BCUT2D eigenvalue weighted by Gasteiger charge is 2.18. The second-order valence-electron chi connectivity index (χ2n) is 6.67. The van der Waals surface area contributed by atoms with Gasteiger partial charge < -0.3 is 23.5 Å². The molecular formula is C19H21N7O5. The van der Waals surface area contributed by atoms with Crippen molar-refractivity contribution in [2.45, 2.75) is 26.6 Å². The van der Waals surface area contributed by atoms with Crippen LogP contribution in [-0.2, 0) is 11.3 Å². The first-order chi connectivity index (χ1) is 15.1. The molecule has 0 amide bonds. The number of hydrogen-bond acceptors (Lipinski definition) is 11. The van der Waals surface area contributed by atoms with E-state index in [4.69, 9.17) is 23.5 Å². The third-order valence-electron chi connectivity index (χ3n) is 4.18. The van der Waals surface area contributed by atoms with E-state index in [1.54, 1.807) is 38.3 Å². The third kappa shape index (κ3) is 4.53. The Morgan fingerprint density at radius 2 is 1.97 bits per heavy atom. The number of methoxy groups -OCH3 is 2. The lowest BCUT2D eigenvalue weighted by molar-refractivity contribution is 0.0881. The number of rotatable bonds is 9. The highest BCUT2D eigenvalue weighted by Crippen LogP contribution is 2.28. The van der Waals surface area contributed by atoms with Crippen molar-refractivity contribution in [3.63, 3.8) is 0 Å². The fourth-order valence-electron chi connectivity index (χ4n) is 2.78. The summed E-state index contributed by atoms with van der Waals surface area (Å²) in [5, 5.41) is 24.8. The molecular weight excluding hydrogens is 406 g/mol. The van der Waals surface area contributed by atoms with Gasteiger partial charge in [0.2, 0.25) is 11.7 Å². The molecule has 0 saturated heterocycles. The lowest BCUT2D eigenvalue weighted by atomic mass is 10.3. The quantitative estimate of drug-likeness (QED) is 0.388. The molecule has 12 nitrogen and oxygen atoms in total. The van der Waals surface area contributed by atoms with Crippen molar-refractivity contribution in [3.8, 4) is 29.0 Å². The van der Waals surface area contributed by atoms with E-state index in [0.717, 1.165) is 0 Å². The summed E-state index contributed by atoms with van der Waals surface area (Å²) in [5.74, 6) is 2.13. The zero-order valence-corrected chi connectivity index (χ0v) is 17.5. The molecule has 0 aliphatic heterocycles. The predicted molar refractivity (Wildman–Crippen MR) is 106 cm³/mol. The number of ether oxygens (including phenoxy) is 4. The van der Waals surface area contributed by atoms with Gasteiger partial charge in [0.1, 0.15) is 24.2 Å². The Morgan fingerprint density at radius 3 is 2.65 bits per heavy atom. The number of nitrogens with zero attached hydrogens (tertiary/aromatic N) is 7. The van der Waals surface area contributed by atoms with E-state index in [2.05, 4.69) is 30.7 Å².